The maximum atomic E-state index is 12.6. The number of hydrogen-bond donors (Lipinski definition) is 1. The summed E-state index contributed by atoms with van der Waals surface area (Å²) < 4.78 is 12.5. The summed E-state index contributed by atoms with van der Waals surface area (Å²) in [5, 5.41) is 12.2. The van der Waals surface area contributed by atoms with E-state index in [1.54, 1.807) is 44.8 Å². The summed E-state index contributed by atoms with van der Waals surface area (Å²) in [6, 6.07) is 18.8. The maximum Gasteiger partial charge on any atom is 0.234 e. The second kappa shape index (κ2) is 9.97. The van der Waals surface area contributed by atoms with E-state index in [9.17, 15) is 4.79 Å². The Morgan fingerprint density at radius 1 is 1.00 bits per heavy atom. The quantitative estimate of drug-likeness (QED) is 0.407. The molecule has 0 unspecified atom stereocenters. The third-order valence-corrected chi connectivity index (χ3v) is 5.53. The second-order valence-corrected chi connectivity index (χ2v) is 7.56. The van der Waals surface area contributed by atoms with Crippen molar-refractivity contribution >= 4 is 23.4 Å². The van der Waals surface area contributed by atoms with Crippen molar-refractivity contribution in [2.45, 2.75) is 5.16 Å². The number of thioether (sulfide) groups is 1. The van der Waals surface area contributed by atoms with Crippen molar-refractivity contribution in [3.63, 3.8) is 0 Å². The maximum absolute atomic E-state index is 12.6. The average Bonchev–Trinajstić information content (AvgIpc) is 3.28. The zero-order valence-corrected chi connectivity index (χ0v) is 18.4. The summed E-state index contributed by atoms with van der Waals surface area (Å²) in [6.45, 7) is 0. The fourth-order valence-corrected chi connectivity index (χ4v) is 3.83. The lowest BCUT2D eigenvalue weighted by molar-refractivity contribution is -0.113. The van der Waals surface area contributed by atoms with Gasteiger partial charge in [-0.2, -0.15) is 0 Å². The zero-order valence-electron chi connectivity index (χ0n) is 17.6. The molecule has 0 spiro atoms. The third kappa shape index (κ3) is 4.73. The van der Waals surface area contributed by atoms with Gasteiger partial charge in [0, 0.05) is 29.7 Å². The molecular formula is C23H21N5O3S. The Labute approximate surface area is 189 Å². The Kier molecular flexibility index (Phi) is 6.66. The number of aromatic nitrogens is 4. The number of nitrogens with one attached hydrogen (secondary N) is 1. The van der Waals surface area contributed by atoms with Gasteiger partial charge in [0.25, 0.3) is 0 Å². The minimum atomic E-state index is -0.188. The van der Waals surface area contributed by atoms with E-state index >= 15 is 0 Å². The van der Waals surface area contributed by atoms with Crippen LogP contribution in [0, 0.1) is 0 Å². The smallest absolute Gasteiger partial charge is 0.234 e. The normalized spacial score (nSPS) is 10.6. The first-order valence-corrected chi connectivity index (χ1v) is 10.7. The number of amides is 1. The molecule has 2 aromatic carbocycles. The molecule has 0 bridgehead atoms. The van der Waals surface area contributed by atoms with Crippen LogP contribution in [0.4, 0.5) is 5.69 Å². The second-order valence-electron chi connectivity index (χ2n) is 6.62. The van der Waals surface area contributed by atoms with Crippen LogP contribution in [-0.2, 0) is 4.79 Å². The van der Waals surface area contributed by atoms with Gasteiger partial charge in [-0.05, 0) is 36.4 Å². The van der Waals surface area contributed by atoms with Gasteiger partial charge >= 0.3 is 0 Å². The van der Waals surface area contributed by atoms with Crippen molar-refractivity contribution in [2.24, 2.45) is 0 Å². The number of carbonyl (C=O) groups excluding carboxylic acids is 1. The van der Waals surface area contributed by atoms with Gasteiger partial charge < -0.3 is 14.8 Å². The van der Waals surface area contributed by atoms with Crippen LogP contribution in [0.25, 0.3) is 17.1 Å². The number of methoxy groups -OCH3 is 2. The molecule has 0 saturated heterocycles. The lowest BCUT2D eigenvalue weighted by Gasteiger charge is -2.12. The van der Waals surface area contributed by atoms with Crippen molar-refractivity contribution in [3.05, 3.63) is 73.1 Å². The minimum Gasteiger partial charge on any atom is -0.497 e. The zero-order chi connectivity index (χ0) is 22.3. The lowest BCUT2D eigenvalue weighted by atomic mass is 10.2. The average molecular weight is 448 g/mol. The van der Waals surface area contributed by atoms with Crippen molar-refractivity contribution in [1.82, 2.24) is 19.7 Å². The first kappa shape index (κ1) is 21.4. The number of ether oxygens (including phenoxy) is 2. The molecule has 0 radical (unpaired) electrons. The topological polar surface area (TPSA) is 91.2 Å². The molecule has 1 N–H and O–H groups in total. The van der Waals surface area contributed by atoms with Crippen LogP contribution in [0.2, 0.25) is 0 Å². The van der Waals surface area contributed by atoms with Crippen molar-refractivity contribution < 1.29 is 14.3 Å². The van der Waals surface area contributed by atoms with Gasteiger partial charge in [0.05, 0.1) is 25.7 Å². The van der Waals surface area contributed by atoms with E-state index in [-0.39, 0.29) is 11.7 Å². The highest BCUT2D eigenvalue weighted by atomic mass is 32.2. The van der Waals surface area contributed by atoms with Crippen LogP contribution in [0.1, 0.15) is 0 Å². The minimum absolute atomic E-state index is 0.149. The molecule has 0 fully saturated rings. The Morgan fingerprint density at radius 3 is 2.50 bits per heavy atom. The molecular weight excluding hydrogens is 426 g/mol. The van der Waals surface area contributed by atoms with Crippen LogP contribution in [0.3, 0.4) is 0 Å². The fraction of sp³-hybridized carbons (Fsp3) is 0.130. The largest absolute Gasteiger partial charge is 0.497 e. The molecule has 0 saturated carbocycles. The standard InChI is InChI=1S/C23H21N5O3S/c1-30-18-8-9-19(20(14-18)31-2)25-21(29)15-32-23-27-26-22(16-10-12-24-13-11-16)28(23)17-6-4-3-5-7-17/h3-14H,15H2,1-2H3,(H,25,29). The number of pyridine rings is 1. The summed E-state index contributed by atoms with van der Waals surface area (Å²) in [5.41, 5.74) is 2.36. The Morgan fingerprint density at radius 2 is 1.78 bits per heavy atom. The van der Waals surface area contributed by atoms with Crippen molar-refractivity contribution in [1.29, 1.82) is 0 Å². The van der Waals surface area contributed by atoms with E-state index < -0.39 is 0 Å². The summed E-state index contributed by atoms with van der Waals surface area (Å²) in [4.78, 5) is 16.7. The number of rotatable bonds is 8. The summed E-state index contributed by atoms with van der Waals surface area (Å²) in [6.07, 6.45) is 3.42. The van der Waals surface area contributed by atoms with Crippen LogP contribution in [0.5, 0.6) is 11.5 Å². The predicted octanol–water partition coefficient (Wildman–Crippen LogP) is 4.08. The number of anilines is 1. The van der Waals surface area contributed by atoms with Gasteiger partial charge in [-0.3, -0.25) is 14.3 Å². The first-order chi connectivity index (χ1) is 15.7. The molecule has 162 valence electrons. The van der Waals surface area contributed by atoms with E-state index in [0.29, 0.717) is 28.2 Å². The number of para-hydroxylation sites is 1. The Hall–Kier alpha value is -3.85. The Bertz CT molecular complexity index is 1200. The number of hydrogen-bond acceptors (Lipinski definition) is 7. The Balaban J connectivity index is 1.55. The van der Waals surface area contributed by atoms with Crippen LogP contribution >= 0.6 is 11.8 Å². The molecule has 2 heterocycles. The van der Waals surface area contributed by atoms with Gasteiger partial charge in [0.1, 0.15) is 11.5 Å². The third-order valence-electron chi connectivity index (χ3n) is 4.60. The molecule has 2 aromatic heterocycles. The van der Waals surface area contributed by atoms with E-state index in [2.05, 4.69) is 20.5 Å². The molecule has 9 heteroatoms. The molecule has 32 heavy (non-hydrogen) atoms. The molecule has 4 aromatic rings. The number of nitrogens with zero attached hydrogens (tertiary/aromatic N) is 4. The van der Waals surface area contributed by atoms with Crippen LogP contribution in [-0.4, -0.2) is 45.6 Å². The predicted molar refractivity (Wildman–Crippen MR) is 123 cm³/mol. The number of carbonyl (C=O) groups is 1. The van der Waals surface area contributed by atoms with Gasteiger partial charge in [-0.25, -0.2) is 0 Å². The first-order valence-electron chi connectivity index (χ1n) is 9.75. The molecule has 4 rings (SSSR count). The lowest BCUT2D eigenvalue weighted by Crippen LogP contribution is -2.15. The van der Waals surface area contributed by atoms with E-state index in [0.717, 1.165) is 11.3 Å². The summed E-state index contributed by atoms with van der Waals surface area (Å²) >= 11 is 1.30. The summed E-state index contributed by atoms with van der Waals surface area (Å²) in [7, 11) is 3.12. The van der Waals surface area contributed by atoms with Crippen molar-refractivity contribution in [3.8, 4) is 28.6 Å². The van der Waals surface area contributed by atoms with Gasteiger partial charge in [0.15, 0.2) is 11.0 Å². The summed E-state index contributed by atoms with van der Waals surface area (Å²) in [5.74, 6) is 1.81. The highest BCUT2D eigenvalue weighted by molar-refractivity contribution is 7.99. The van der Waals surface area contributed by atoms with Crippen LogP contribution < -0.4 is 14.8 Å². The van der Waals surface area contributed by atoms with Crippen LogP contribution in [0.15, 0.2) is 78.2 Å². The molecule has 1 amide bonds. The van der Waals surface area contributed by atoms with E-state index in [4.69, 9.17) is 9.47 Å². The van der Waals surface area contributed by atoms with Gasteiger partial charge in [-0.15, -0.1) is 10.2 Å². The molecule has 0 atom stereocenters. The number of benzene rings is 2. The molecule has 0 aliphatic carbocycles. The van der Waals surface area contributed by atoms with Crippen molar-refractivity contribution in [2.75, 3.05) is 25.3 Å². The van der Waals surface area contributed by atoms with Gasteiger partial charge in [-0.1, -0.05) is 30.0 Å². The molecule has 0 aliphatic rings. The monoisotopic (exact) mass is 447 g/mol. The molecule has 0 aliphatic heterocycles. The molecule has 8 nitrogen and oxygen atoms in total. The highest BCUT2D eigenvalue weighted by Gasteiger charge is 2.18. The van der Waals surface area contributed by atoms with Gasteiger partial charge in [0.2, 0.25) is 5.91 Å². The SMILES string of the molecule is COc1ccc(NC(=O)CSc2nnc(-c3ccncc3)n2-c2ccccc2)c(OC)c1. The highest BCUT2D eigenvalue weighted by Crippen LogP contribution is 2.30. The fourth-order valence-electron chi connectivity index (χ4n) is 3.08. The van der Waals surface area contributed by atoms with E-state index in [1.165, 1.54) is 11.8 Å². The van der Waals surface area contributed by atoms with E-state index in [1.807, 2.05) is 47.0 Å².